The zero-order valence-corrected chi connectivity index (χ0v) is 16.7. The Kier molecular flexibility index (Phi) is 6.83. The van der Waals surface area contributed by atoms with E-state index in [9.17, 15) is 0 Å². The van der Waals surface area contributed by atoms with Crippen LogP contribution in [-0.2, 0) is 0 Å². The van der Waals surface area contributed by atoms with Gasteiger partial charge in [-0.1, -0.05) is 12.2 Å². The number of hydrogen-bond acceptors (Lipinski definition) is 5. The van der Waals surface area contributed by atoms with Crippen LogP contribution in [0, 0.1) is 0 Å². The van der Waals surface area contributed by atoms with Crippen molar-refractivity contribution < 1.29 is 0 Å². The number of aliphatic imine (C=N–C) groups is 2. The summed E-state index contributed by atoms with van der Waals surface area (Å²) in [4.78, 5) is 10.9. The van der Waals surface area contributed by atoms with E-state index >= 15 is 0 Å². The van der Waals surface area contributed by atoms with Crippen LogP contribution < -0.4 is 10.6 Å². The predicted octanol–water partition coefficient (Wildman–Crippen LogP) is 3.75. The van der Waals surface area contributed by atoms with Crippen LogP contribution >= 0.6 is 0 Å². The van der Waals surface area contributed by atoms with Gasteiger partial charge in [-0.25, -0.2) is 4.99 Å². The van der Waals surface area contributed by atoms with Gasteiger partial charge in [0.15, 0.2) is 0 Å². The van der Waals surface area contributed by atoms with Crippen molar-refractivity contribution >= 4 is 12.9 Å². The molecule has 0 aromatic carbocycles. The topological polar surface area (TPSA) is 52.0 Å². The molecule has 0 saturated heterocycles. The molecule has 0 radical (unpaired) electrons. The van der Waals surface area contributed by atoms with E-state index in [-0.39, 0.29) is 5.54 Å². The van der Waals surface area contributed by atoms with Gasteiger partial charge in [-0.15, -0.1) is 0 Å². The lowest BCUT2D eigenvalue weighted by atomic mass is 9.98. The summed E-state index contributed by atoms with van der Waals surface area (Å²) >= 11 is 0. The van der Waals surface area contributed by atoms with Crippen LogP contribution in [0.5, 0.6) is 0 Å². The van der Waals surface area contributed by atoms with Crippen LogP contribution in [-0.4, -0.2) is 43.0 Å². The molecule has 26 heavy (non-hydrogen) atoms. The standard InChI is InChI=1S/C21H33N5/c1-16(2)19(17(3)20(22-6)25-21(5)8-9-21)18(4)26-14-7-10-23-11-12-24-13-15-26/h10-12,24-25H,4,6-9,13-15H2,1-3,5H3/b12-11-,20-17-,23-10?. The highest BCUT2D eigenvalue weighted by molar-refractivity contribution is 5.58. The van der Waals surface area contributed by atoms with Crippen molar-refractivity contribution in [2.24, 2.45) is 9.98 Å². The van der Waals surface area contributed by atoms with Gasteiger partial charge in [-0.3, -0.25) is 4.99 Å². The van der Waals surface area contributed by atoms with Gasteiger partial charge in [0.25, 0.3) is 0 Å². The molecule has 142 valence electrons. The van der Waals surface area contributed by atoms with Crippen molar-refractivity contribution in [3.63, 3.8) is 0 Å². The number of allylic oxidation sites excluding steroid dienone is 2. The lowest BCUT2D eigenvalue weighted by Gasteiger charge is -2.30. The second-order valence-corrected chi connectivity index (χ2v) is 7.52. The Morgan fingerprint density at radius 1 is 1.27 bits per heavy atom. The van der Waals surface area contributed by atoms with Crippen LogP contribution in [0.15, 0.2) is 57.2 Å². The molecule has 1 heterocycles. The smallest absolute Gasteiger partial charge is 0.129 e. The second kappa shape index (κ2) is 8.88. The Labute approximate surface area is 158 Å². The summed E-state index contributed by atoms with van der Waals surface area (Å²) in [6.45, 7) is 19.5. The summed E-state index contributed by atoms with van der Waals surface area (Å²) in [5.74, 6) is 0.867. The summed E-state index contributed by atoms with van der Waals surface area (Å²) in [6.07, 6.45) is 8.87. The van der Waals surface area contributed by atoms with Crippen LogP contribution in [0.25, 0.3) is 0 Å². The Morgan fingerprint density at radius 3 is 2.62 bits per heavy atom. The van der Waals surface area contributed by atoms with Crippen molar-refractivity contribution in [3.05, 3.63) is 47.2 Å². The van der Waals surface area contributed by atoms with Crippen molar-refractivity contribution in [1.82, 2.24) is 15.5 Å². The summed E-state index contributed by atoms with van der Waals surface area (Å²) in [7, 11) is 0. The van der Waals surface area contributed by atoms with E-state index in [1.165, 1.54) is 18.4 Å². The molecule has 2 aliphatic rings. The molecule has 0 aromatic rings. The fourth-order valence-corrected chi connectivity index (χ4v) is 3.12. The van der Waals surface area contributed by atoms with Gasteiger partial charge in [0.1, 0.15) is 5.82 Å². The molecule has 0 spiro atoms. The molecule has 0 bridgehead atoms. The summed E-state index contributed by atoms with van der Waals surface area (Å²) in [5, 5.41) is 6.83. The maximum atomic E-state index is 4.43. The molecule has 2 N–H and O–H groups in total. The molecular formula is C21H33N5. The Bertz CT molecular complexity index is 658. The van der Waals surface area contributed by atoms with Gasteiger partial charge in [0, 0.05) is 67.1 Å². The minimum absolute atomic E-state index is 0.162. The van der Waals surface area contributed by atoms with E-state index in [0.717, 1.165) is 48.7 Å². The minimum Gasteiger partial charge on any atom is -0.388 e. The van der Waals surface area contributed by atoms with Gasteiger partial charge in [0.05, 0.1) is 0 Å². The van der Waals surface area contributed by atoms with Crippen LogP contribution in [0.2, 0.25) is 0 Å². The zero-order chi connectivity index (χ0) is 19.2. The molecule has 0 aromatic heterocycles. The van der Waals surface area contributed by atoms with Crippen molar-refractivity contribution in [3.8, 4) is 0 Å². The lowest BCUT2D eigenvalue weighted by molar-refractivity contribution is 0.364. The van der Waals surface area contributed by atoms with Crippen molar-refractivity contribution in [2.45, 2.75) is 52.5 Å². The monoisotopic (exact) mass is 355 g/mol. The maximum absolute atomic E-state index is 4.43. The minimum atomic E-state index is 0.162. The third kappa shape index (κ3) is 5.35. The van der Waals surface area contributed by atoms with Crippen LogP contribution in [0.4, 0.5) is 0 Å². The van der Waals surface area contributed by atoms with E-state index < -0.39 is 0 Å². The normalized spacial score (nSPS) is 21.0. The van der Waals surface area contributed by atoms with Crippen LogP contribution in [0.3, 0.4) is 0 Å². The Hall–Kier alpha value is -2.30. The first-order valence-corrected chi connectivity index (χ1v) is 9.36. The number of hydrogen-bond donors (Lipinski definition) is 2. The first-order chi connectivity index (χ1) is 12.4. The highest BCUT2D eigenvalue weighted by atomic mass is 15.2. The first kappa shape index (κ1) is 20.0. The van der Waals surface area contributed by atoms with Crippen molar-refractivity contribution in [2.75, 3.05) is 19.6 Å². The van der Waals surface area contributed by atoms with E-state index in [1.54, 1.807) is 6.20 Å². The first-order valence-electron chi connectivity index (χ1n) is 9.36. The molecule has 0 atom stereocenters. The number of rotatable bonds is 6. The highest BCUT2D eigenvalue weighted by Gasteiger charge is 2.38. The molecule has 1 saturated carbocycles. The van der Waals surface area contributed by atoms with Gasteiger partial charge in [-0.2, -0.15) is 0 Å². The maximum Gasteiger partial charge on any atom is 0.129 e. The molecule has 5 nitrogen and oxygen atoms in total. The second-order valence-electron chi connectivity index (χ2n) is 7.52. The molecule has 0 amide bonds. The fraction of sp³-hybridized carbons (Fsp3) is 0.524. The van der Waals surface area contributed by atoms with Crippen molar-refractivity contribution in [1.29, 1.82) is 0 Å². The van der Waals surface area contributed by atoms with Gasteiger partial charge < -0.3 is 15.5 Å². The third-order valence-corrected chi connectivity index (χ3v) is 4.92. The van der Waals surface area contributed by atoms with E-state index in [2.05, 4.69) is 66.5 Å². The van der Waals surface area contributed by atoms with Gasteiger partial charge in [-0.05, 0) is 47.3 Å². The quantitative estimate of drug-likeness (QED) is 0.564. The Morgan fingerprint density at radius 2 is 2.00 bits per heavy atom. The zero-order valence-electron chi connectivity index (χ0n) is 16.7. The molecule has 1 fully saturated rings. The molecular weight excluding hydrogens is 322 g/mol. The van der Waals surface area contributed by atoms with E-state index in [4.69, 9.17) is 0 Å². The SMILES string of the molecule is C=N/C(NC1(C)CC1)=C(\C)C(C(=C)N1CCC=N/C=C\NCC1)=C(C)C. The Balaban J connectivity index is 2.25. The molecule has 1 aliphatic heterocycles. The summed E-state index contributed by atoms with van der Waals surface area (Å²) in [5.41, 5.74) is 4.70. The molecule has 0 unspecified atom stereocenters. The average molecular weight is 356 g/mol. The predicted molar refractivity (Wildman–Crippen MR) is 112 cm³/mol. The molecule has 5 heteroatoms. The summed E-state index contributed by atoms with van der Waals surface area (Å²) < 4.78 is 0. The molecule has 2 rings (SSSR count). The van der Waals surface area contributed by atoms with Crippen LogP contribution in [0.1, 0.15) is 47.0 Å². The number of nitrogens with one attached hydrogen (secondary N) is 2. The van der Waals surface area contributed by atoms with E-state index in [0.29, 0.717) is 0 Å². The molecule has 1 aliphatic carbocycles. The van der Waals surface area contributed by atoms with E-state index in [1.807, 2.05) is 12.4 Å². The summed E-state index contributed by atoms with van der Waals surface area (Å²) in [6, 6.07) is 0. The number of nitrogens with zero attached hydrogens (tertiary/aromatic N) is 3. The average Bonchev–Trinajstić information content (AvgIpc) is 3.34. The highest BCUT2D eigenvalue weighted by Crippen LogP contribution is 2.37. The van der Waals surface area contributed by atoms with Gasteiger partial charge in [0.2, 0.25) is 0 Å². The third-order valence-electron chi connectivity index (χ3n) is 4.92. The van der Waals surface area contributed by atoms with Gasteiger partial charge >= 0.3 is 0 Å². The largest absolute Gasteiger partial charge is 0.388 e. The lowest BCUT2D eigenvalue weighted by Crippen LogP contribution is -2.33. The fourth-order valence-electron chi connectivity index (χ4n) is 3.12.